The third-order valence-electron chi connectivity index (χ3n) is 6.95. The number of carbonyl (C=O) groups excluding carboxylic acids is 1. The Labute approximate surface area is 199 Å². The largest absolute Gasteiger partial charge is 0.362 e. The van der Waals surface area contributed by atoms with Crippen molar-refractivity contribution in [1.29, 1.82) is 0 Å². The first kappa shape index (κ1) is 23.7. The third kappa shape index (κ3) is 4.76. The molecule has 1 aromatic heterocycles. The van der Waals surface area contributed by atoms with Crippen molar-refractivity contribution in [3.8, 4) is 0 Å². The van der Waals surface area contributed by atoms with Crippen LogP contribution >= 0.6 is 0 Å². The van der Waals surface area contributed by atoms with Gasteiger partial charge in [0.15, 0.2) is 0 Å². The van der Waals surface area contributed by atoms with Crippen LogP contribution in [-0.4, -0.2) is 47.1 Å². The van der Waals surface area contributed by atoms with Crippen LogP contribution in [0.2, 0.25) is 0 Å². The van der Waals surface area contributed by atoms with Gasteiger partial charge in [0.2, 0.25) is 5.95 Å². The van der Waals surface area contributed by atoms with Gasteiger partial charge in [-0.05, 0) is 64.4 Å². The van der Waals surface area contributed by atoms with E-state index < -0.39 is 11.0 Å². The smallest absolute Gasteiger partial charge is 0.319 e. The number of nitrogens with one attached hydrogen (secondary N) is 1. The summed E-state index contributed by atoms with van der Waals surface area (Å²) >= 11 is 0. The molecule has 1 heterocycles. The van der Waals surface area contributed by atoms with Crippen LogP contribution < -0.4 is 20.9 Å². The van der Waals surface area contributed by atoms with Gasteiger partial charge in [-0.2, -0.15) is 4.98 Å². The summed E-state index contributed by atoms with van der Waals surface area (Å²) < 4.78 is 0. The zero-order valence-corrected chi connectivity index (χ0v) is 20.1. The molecule has 0 bridgehead atoms. The van der Waals surface area contributed by atoms with Gasteiger partial charge in [0.25, 0.3) is 5.69 Å². The maximum Gasteiger partial charge on any atom is 0.319 e. The first-order chi connectivity index (χ1) is 16.3. The lowest BCUT2D eigenvalue weighted by atomic mass is 9.89. The van der Waals surface area contributed by atoms with Crippen molar-refractivity contribution < 1.29 is 9.72 Å². The number of nitrogens with two attached hydrogens (primary N) is 1. The summed E-state index contributed by atoms with van der Waals surface area (Å²) in [6.45, 7) is 1.66. The molecule has 0 aliphatic heterocycles. The quantitative estimate of drug-likeness (QED) is 0.486. The normalized spacial score (nSPS) is 19.7. The number of primary amides is 1. The van der Waals surface area contributed by atoms with Gasteiger partial charge in [0.05, 0.1) is 21.9 Å². The number of benzene rings is 1. The molecule has 0 saturated heterocycles. The average Bonchev–Trinajstić information content (AvgIpc) is 2.80. The Balaban J connectivity index is 1.48. The summed E-state index contributed by atoms with van der Waals surface area (Å²) in [5.41, 5.74) is 9.08. The van der Waals surface area contributed by atoms with E-state index in [-0.39, 0.29) is 17.8 Å². The molecule has 0 radical (unpaired) electrons. The molecular formula is C24H33N7O3. The SMILES string of the molecule is Cc1c(N(C(N)=O)[C@H]2CC[C@@H](Nc3nc4c(c(N(C)C)n3)CCCC4)CC2)cccc1[N+](=O)[O-]. The molecule has 2 amide bonds. The number of rotatable bonds is 6. The predicted molar refractivity (Wildman–Crippen MR) is 133 cm³/mol. The molecule has 0 unspecified atom stereocenters. The van der Waals surface area contributed by atoms with E-state index in [4.69, 9.17) is 15.7 Å². The Morgan fingerprint density at radius 1 is 1.15 bits per heavy atom. The van der Waals surface area contributed by atoms with Gasteiger partial charge in [-0.3, -0.25) is 15.0 Å². The summed E-state index contributed by atoms with van der Waals surface area (Å²) in [5, 5.41) is 14.9. The number of urea groups is 1. The fourth-order valence-corrected chi connectivity index (χ4v) is 5.24. The lowest BCUT2D eigenvalue weighted by molar-refractivity contribution is -0.385. The molecule has 3 N–H and O–H groups in total. The summed E-state index contributed by atoms with van der Waals surface area (Å²) in [7, 11) is 4.03. The van der Waals surface area contributed by atoms with Crippen LogP contribution in [0.25, 0.3) is 0 Å². The van der Waals surface area contributed by atoms with Crippen molar-refractivity contribution in [3.05, 3.63) is 45.1 Å². The molecule has 4 rings (SSSR count). The number of nitro groups is 1. The van der Waals surface area contributed by atoms with Gasteiger partial charge in [-0.25, -0.2) is 9.78 Å². The van der Waals surface area contributed by atoms with Gasteiger partial charge in [0.1, 0.15) is 5.82 Å². The number of anilines is 3. The second-order valence-corrected chi connectivity index (χ2v) is 9.43. The van der Waals surface area contributed by atoms with Gasteiger partial charge >= 0.3 is 6.03 Å². The zero-order valence-electron chi connectivity index (χ0n) is 20.1. The summed E-state index contributed by atoms with van der Waals surface area (Å²) in [6, 6.07) is 4.25. The van der Waals surface area contributed by atoms with Crippen molar-refractivity contribution in [2.75, 3.05) is 29.2 Å². The Hall–Kier alpha value is -3.43. The number of hydrogen-bond acceptors (Lipinski definition) is 7. The van der Waals surface area contributed by atoms with Crippen LogP contribution in [0, 0.1) is 17.0 Å². The van der Waals surface area contributed by atoms with E-state index in [2.05, 4.69) is 10.2 Å². The van der Waals surface area contributed by atoms with E-state index in [0.29, 0.717) is 17.2 Å². The molecule has 1 aromatic carbocycles. The van der Waals surface area contributed by atoms with E-state index in [1.54, 1.807) is 19.1 Å². The Morgan fingerprint density at radius 2 is 1.85 bits per heavy atom. The molecule has 2 aliphatic carbocycles. The minimum atomic E-state index is -0.589. The molecule has 10 nitrogen and oxygen atoms in total. The van der Waals surface area contributed by atoms with E-state index >= 15 is 0 Å². The second kappa shape index (κ2) is 9.82. The van der Waals surface area contributed by atoms with Crippen LogP contribution in [0.5, 0.6) is 0 Å². The Kier molecular flexibility index (Phi) is 6.85. The lowest BCUT2D eigenvalue weighted by Crippen LogP contribution is -2.47. The molecule has 34 heavy (non-hydrogen) atoms. The summed E-state index contributed by atoms with van der Waals surface area (Å²) in [4.78, 5) is 36.5. The van der Waals surface area contributed by atoms with Crippen LogP contribution in [0.3, 0.4) is 0 Å². The number of aryl methyl sites for hydroxylation is 1. The molecule has 2 aromatic rings. The maximum atomic E-state index is 12.4. The van der Waals surface area contributed by atoms with Crippen LogP contribution in [0.4, 0.5) is 27.9 Å². The molecule has 10 heteroatoms. The second-order valence-electron chi connectivity index (χ2n) is 9.43. The molecule has 1 saturated carbocycles. The third-order valence-corrected chi connectivity index (χ3v) is 6.95. The standard InChI is InChI=1S/C24H33N7O3/c1-15-20(9-6-10-21(15)31(33)34)30(23(25)32)17-13-11-16(12-14-17)26-24-27-19-8-5-4-7-18(19)22(28-24)29(2)3/h6,9-10,16-17H,4-5,7-8,11-14H2,1-3H3,(H2,25,32)(H,26,27,28)/t16-,17+. The first-order valence-corrected chi connectivity index (χ1v) is 11.9. The number of nitro benzene ring substituents is 1. The highest BCUT2D eigenvalue weighted by Gasteiger charge is 2.32. The Bertz CT molecular complexity index is 1080. The number of hydrogen-bond donors (Lipinski definition) is 2. The van der Waals surface area contributed by atoms with E-state index in [9.17, 15) is 14.9 Å². The van der Waals surface area contributed by atoms with Gasteiger partial charge < -0.3 is 16.0 Å². The average molecular weight is 468 g/mol. The summed E-state index contributed by atoms with van der Waals surface area (Å²) in [6.07, 6.45) is 7.43. The number of fused-ring (bicyclic) bond motifs is 1. The number of carbonyl (C=O) groups is 1. The molecule has 182 valence electrons. The van der Waals surface area contributed by atoms with Crippen molar-refractivity contribution in [2.45, 2.75) is 70.4 Å². The number of nitrogens with zero attached hydrogens (tertiary/aromatic N) is 5. The maximum absolute atomic E-state index is 12.4. The molecular weight excluding hydrogens is 434 g/mol. The number of amides is 2. The molecule has 1 fully saturated rings. The summed E-state index contributed by atoms with van der Waals surface area (Å²) in [5.74, 6) is 1.65. The highest BCUT2D eigenvalue weighted by molar-refractivity contribution is 5.92. The van der Waals surface area contributed by atoms with Crippen LogP contribution in [-0.2, 0) is 12.8 Å². The van der Waals surface area contributed by atoms with Crippen molar-refractivity contribution in [1.82, 2.24) is 9.97 Å². The molecule has 0 atom stereocenters. The van der Waals surface area contributed by atoms with Gasteiger partial charge in [0, 0.05) is 37.8 Å². The monoisotopic (exact) mass is 467 g/mol. The van der Waals surface area contributed by atoms with Crippen molar-refractivity contribution >= 4 is 29.2 Å². The fraction of sp³-hybridized carbons (Fsp3) is 0.542. The molecule has 0 spiro atoms. The highest BCUT2D eigenvalue weighted by atomic mass is 16.6. The van der Waals surface area contributed by atoms with Gasteiger partial charge in [-0.1, -0.05) is 6.07 Å². The zero-order chi connectivity index (χ0) is 24.4. The fourth-order valence-electron chi connectivity index (χ4n) is 5.24. The molecule has 2 aliphatic rings. The topological polar surface area (TPSA) is 131 Å². The first-order valence-electron chi connectivity index (χ1n) is 11.9. The Morgan fingerprint density at radius 3 is 2.50 bits per heavy atom. The van der Waals surface area contributed by atoms with E-state index in [0.717, 1.165) is 56.5 Å². The van der Waals surface area contributed by atoms with Crippen molar-refractivity contribution in [2.24, 2.45) is 5.73 Å². The number of aromatic nitrogens is 2. The minimum absolute atomic E-state index is 0.0136. The lowest BCUT2D eigenvalue weighted by Gasteiger charge is -2.37. The van der Waals surface area contributed by atoms with Crippen LogP contribution in [0.15, 0.2) is 18.2 Å². The van der Waals surface area contributed by atoms with Crippen LogP contribution in [0.1, 0.15) is 55.3 Å². The predicted octanol–water partition coefficient (Wildman–Crippen LogP) is 3.95. The highest BCUT2D eigenvalue weighted by Crippen LogP contribution is 2.34. The van der Waals surface area contributed by atoms with E-state index in [1.807, 2.05) is 14.1 Å². The van der Waals surface area contributed by atoms with Crippen molar-refractivity contribution in [3.63, 3.8) is 0 Å². The van der Waals surface area contributed by atoms with Gasteiger partial charge in [-0.15, -0.1) is 0 Å². The minimum Gasteiger partial charge on any atom is -0.362 e. The van der Waals surface area contributed by atoms with E-state index in [1.165, 1.54) is 23.0 Å².